The van der Waals surface area contributed by atoms with Crippen molar-refractivity contribution in [1.29, 1.82) is 0 Å². The number of hydrogen-bond donors (Lipinski definition) is 1. The van der Waals surface area contributed by atoms with Crippen LogP contribution < -0.4 is 10.2 Å². The van der Waals surface area contributed by atoms with Crippen LogP contribution in [0.3, 0.4) is 0 Å². The fourth-order valence-corrected chi connectivity index (χ4v) is 3.48. The monoisotopic (exact) mass is 436 g/mol. The highest BCUT2D eigenvalue weighted by Gasteiger charge is 2.16. The van der Waals surface area contributed by atoms with E-state index in [9.17, 15) is 9.90 Å². The molecule has 0 saturated heterocycles. The summed E-state index contributed by atoms with van der Waals surface area (Å²) >= 11 is 3.49. The third kappa shape index (κ3) is 3.53. The molecule has 0 spiro atoms. The number of halogens is 1. The Balaban J connectivity index is 1.68. The zero-order chi connectivity index (χ0) is 19.7. The van der Waals surface area contributed by atoms with Crippen LogP contribution in [0.5, 0.6) is 11.5 Å². The van der Waals surface area contributed by atoms with Gasteiger partial charge in [0.2, 0.25) is 11.2 Å². The standard InChI is InChI=1S/C23H17BrO4/c1-14-7-9-19-17(11-14)21(25)22(26)23(28-19)16-8-10-20(18(24)12-16)27-13-15-5-3-2-4-6-15/h2-12,26H,13H2,1H3. The van der Waals surface area contributed by atoms with Gasteiger partial charge in [-0.3, -0.25) is 4.79 Å². The maximum atomic E-state index is 12.5. The molecule has 4 rings (SSSR count). The van der Waals surface area contributed by atoms with Crippen molar-refractivity contribution in [2.75, 3.05) is 0 Å². The number of hydrogen-bond acceptors (Lipinski definition) is 4. The smallest absolute Gasteiger partial charge is 0.235 e. The number of rotatable bonds is 4. The second-order valence-corrected chi connectivity index (χ2v) is 7.38. The SMILES string of the molecule is Cc1ccc2oc(-c3ccc(OCc4ccccc4)c(Br)c3)c(O)c(=O)c2c1. The lowest BCUT2D eigenvalue weighted by molar-refractivity contribution is 0.304. The zero-order valence-electron chi connectivity index (χ0n) is 15.1. The van der Waals surface area contributed by atoms with E-state index >= 15 is 0 Å². The van der Waals surface area contributed by atoms with E-state index in [0.29, 0.717) is 33.4 Å². The van der Waals surface area contributed by atoms with E-state index in [1.807, 2.05) is 43.3 Å². The van der Waals surface area contributed by atoms with E-state index in [-0.39, 0.29) is 5.76 Å². The molecule has 4 aromatic rings. The van der Waals surface area contributed by atoms with Crippen molar-refractivity contribution in [1.82, 2.24) is 0 Å². The van der Waals surface area contributed by atoms with E-state index in [4.69, 9.17) is 9.15 Å². The predicted molar refractivity (Wildman–Crippen MR) is 113 cm³/mol. The van der Waals surface area contributed by atoms with Gasteiger partial charge in [-0.05, 0) is 58.7 Å². The molecule has 0 radical (unpaired) electrons. The molecular weight excluding hydrogens is 420 g/mol. The molecule has 28 heavy (non-hydrogen) atoms. The minimum Gasteiger partial charge on any atom is -0.502 e. The first-order chi connectivity index (χ1) is 13.5. The molecule has 0 aliphatic heterocycles. The van der Waals surface area contributed by atoms with Gasteiger partial charge in [-0.25, -0.2) is 0 Å². The Hall–Kier alpha value is -3.05. The Bertz CT molecular complexity index is 1210. The lowest BCUT2D eigenvalue weighted by Crippen LogP contribution is -2.03. The van der Waals surface area contributed by atoms with Gasteiger partial charge in [-0.2, -0.15) is 0 Å². The second-order valence-electron chi connectivity index (χ2n) is 6.53. The van der Waals surface area contributed by atoms with E-state index in [2.05, 4.69) is 15.9 Å². The maximum absolute atomic E-state index is 12.5. The first-order valence-electron chi connectivity index (χ1n) is 8.76. The third-order valence-electron chi connectivity index (χ3n) is 4.45. The highest BCUT2D eigenvalue weighted by molar-refractivity contribution is 9.10. The van der Waals surface area contributed by atoms with Crippen molar-refractivity contribution in [3.63, 3.8) is 0 Å². The van der Waals surface area contributed by atoms with E-state index in [1.165, 1.54) is 0 Å². The summed E-state index contributed by atoms with van der Waals surface area (Å²) in [7, 11) is 0. The molecular formula is C23H17BrO4. The number of fused-ring (bicyclic) bond motifs is 1. The Labute approximate surface area is 170 Å². The normalized spacial score (nSPS) is 10.9. The van der Waals surface area contributed by atoms with Crippen molar-refractivity contribution in [2.24, 2.45) is 0 Å². The van der Waals surface area contributed by atoms with E-state index in [0.717, 1.165) is 11.1 Å². The van der Waals surface area contributed by atoms with Gasteiger partial charge in [0.05, 0.1) is 9.86 Å². The molecule has 0 aliphatic rings. The molecule has 140 valence electrons. The number of aromatic hydroxyl groups is 1. The first kappa shape index (κ1) is 18.3. The molecule has 4 nitrogen and oxygen atoms in total. The highest BCUT2D eigenvalue weighted by atomic mass is 79.9. The number of benzene rings is 3. The maximum Gasteiger partial charge on any atom is 0.235 e. The topological polar surface area (TPSA) is 59.7 Å². The fourth-order valence-electron chi connectivity index (χ4n) is 2.99. The van der Waals surface area contributed by atoms with Gasteiger partial charge < -0.3 is 14.3 Å². The Morgan fingerprint density at radius 3 is 2.57 bits per heavy atom. The fraction of sp³-hybridized carbons (Fsp3) is 0.0870. The number of aryl methyl sites for hydroxylation is 1. The summed E-state index contributed by atoms with van der Waals surface area (Å²) < 4.78 is 12.4. The van der Waals surface area contributed by atoms with Gasteiger partial charge in [0, 0.05) is 5.56 Å². The molecule has 0 aliphatic carbocycles. The summed E-state index contributed by atoms with van der Waals surface area (Å²) in [6.07, 6.45) is 0. The molecule has 1 aromatic heterocycles. The van der Waals surface area contributed by atoms with Crippen LogP contribution in [-0.2, 0) is 6.61 Å². The minimum atomic E-state index is -0.444. The van der Waals surface area contributed by atoms with Gasteiger partial charge in [0.25, 0.3) is 0 Å². The molecule has 0 unspecified atom stereocenters. The molecule has 3 aromatic carbocycles. The van der Waals surface area contributed by atoms with Crippen LogP contribution in [0.25, 0.3) is 22.3 Å². The molecule has 0 amide bonds. The van der Waals surface area contributed by atoms with Crippen LogP contribution in [0.1, 0.15) is 11.1 Å². The van der Waals surface area contributed by atoms with Crippen molar-refractivity contribution in [3.05, 3.63) is 92.6 Å². The van der Waals surface area contributed by atoms with Crippen LogP contribution in [0, 0.1) is 6.92 Å². The quantitative estimate of drug-likeness (QED) is 0.438. The van der Waals surface area contributed by atoms with E-state index in [1.54, 1.807) is 30.3 Å². The van der Waals surface area contributed by atoms with Gasteiger partial charge in [0.15, 0.2) is 5.76 Å². The Morgan fingerprint density at radius 1 is 1.04 bits per heavy atom. The third-order valence-corrected chi connectivity index (χ3v) is 5.07. The summed E-state index contributed by atoms with van der Waals surface area (Å²) in [6, 6.07) is 20.5. The molecule has 0 bridgehead atoms. The second kappa shape index (κ2) is 7.52. The lowest BCUT2D eigenvalue weighted by atomic mass is 10.1. The molecule has 0 fully saturated rings. The molecule has 0 atom stereocenters. The van der Waals surface area contributed by atoms with Crippen molar-refractivity contribution >= 4 is 26.9 Å². The molecule has 0 saturated carbocycles. The van der Waals surface area contributed by atoms with Crippen LogP contribution in [-0.4, -0.2) is 5.11 Å². The van der Waals surface area contributed by atoms with Gasteiger partial charge in [0.1, 0.15) is 17.9 Å². The average molecular weight is 437 g/mol. The first-order valence-corrected chi connectivity index (χ1v) is 9.55. The van der Waals surface area contributed by atoms with E-state index < -0.39 is 11.2 Å². The highest BCUT2D eigenvalue weighted by Crippen LogP contribution is 2.35. The lowest BCUT2D eigenvalue weighted by Gasteiger charge is -2.11. The van der Waals surface area contributed by atoms with Crippen LogP contribution in [0.2, 0.25) is 0 Å². The molecule has 1 heterocycles. The Morgan fingerprint density at radius 2 is 1.82 bits per heavy atom. The zero-order valence-corrected chi connectivity index (χ0v) is 16.7. The van der Waals surface area contributed by atoms with Gasteiger partial charge in [-0.15, -0.1) is 0 Å². The predicted octanol–water partition coefficient (Wildman–Crippen LogP) is 5.82. The molecule has 1 N–H and O–H groups in total. The van der Waals surface area contributed by atoms with Crippen molar-refractivity contribution in [2.45, 2.75) is 13.5 Å². The van der Waals surface area contributed by atoms with Crippen LogP contribution >= 0.6 is 15.9 Å². The Kier molecular flexibility index (Phi) is 4.92. The average Bonchev–Trinajstić information content (AvgIpc) is 2.71. The van der Waals surface area contributed by atoms with Gasteiger partial charge in [-0.1, -0.05) is 42.0 Å². The van der Waals surface area contributed by atoms with Crippen molar-refractivity contribution in [3.8, 4) is 22.8 Å². The summed E-state index contributed by atoms with van der Waals surface area (Å²) in [5.41, 5.74) is 2.56. The number of ether oxygens (including phenoxy) is 1. The molecule has 5 heteroatoms. The van der Waals surface area contributed by atoms with Crippen LogP contribution in [0.4, 0.5) is 0 Å². The summed E-state index contributed by atoms with van der Waals surface area (Å²) in [6.45, 7) is 2.32. The summed E-state index contributed by atoms with van der Waals surface area (Å²) in [5.74, 6) is 0.394. The summed E-state index contributed by atoms with van der Waals surface area (Å²) in [4.78, 5) is 12.5. The minimum absolute atomic E-state index is 0.136. The van der Waals surface area contributed by atoms with Crippen LogP contribution in [0.15, 0.2) is 80.4 Å². The summed E-state index contributed by atoms with van der Waals surface area (Å²) in [5, 5.41) is 10.8. The largest absolute Gasteiger partial charge is 0.502 e. The van der Waals surface area contributed by atoms with Crippen molar-refractivity contribution < 1.29 is 14.3 Å². The van der Waals surface area contributed by atoms with Gasteiger partial charge >= 0.3 is 0 Å².